The van der Waals surface area contributed by atoms with E-state index in [1.165, 1.54) is 11.3 Å². The van der Waals surface area contributed by atoms with Crippen LogP contribution in [0.3, 0.4) is 0 Å². The third kappa shape index (κ3) is 3.45. The van der Waals surface area contributed by atoms with Crippen LogP contribution >= 0.6 is 0 Å². The van der Waals surface area contributed by atoms with Crippen LogP contribution in [0.25, 0.3) is 0 Å². The first kappa shape index (κ1) is 17.3. The Balaban J connectivity index is 1.69. The molecule has 5 heteroatoms. The summed E-state index contributed by atoms with van der Waals surface area (Å²) in [7, 11) is 0. The second-order valence-corrected chi connectivity index (χ2v) is 6.76. The van der Waals surface area contributed by atoms with Crippen molar-refractivity contribution in [3.05, 3.63) is 66.0 Å². The summed E-state index contributed by atoms with van der Waals surface area (Å²) in [6.45, 7) is 6.76. The molecule has 27 heavy (non-hydrogen) atoms. The number of fused-ring (bicyclic) bond motifs is 1. The predicted octanol–water partition coefficient (Wildman–Crippen LogP) is 5.01. The number of aryl methyl sites for hydroxylation is 1. The maximum absolute atomic E-state index is 5.72. The molecule has 1 aliphatic rings. The van der Waals surface area contributed by atoms with Gasteiger partial charge in [0.1, 0.15) is 23.2 Å². The van der Waals surface area contributed by atoms with E-state index in [2.05, 4.69) is 46.4 Å². The minimum atomic E-state index is 0.361. The zero-order valence-corrected chi connectivity index (χ0v) is 15.9. The second-order valence-electron chi connectivity index (χ2n) is 6.76. The molecule has 0 fully saturated rings. The number of ether oxygens (including phenoxy) is 1. The second kappa shape index (κ2) is 7.27. The zero-order valence-electron chi connectivity index (χ0n) is 15.9. The van der Waals surface area contributed by atoms with Crippen molar-refractivity contribution in [2.75, 3.05) is 16.8 Å². The fourth-order valence-electron chi connectivity index (χ4n) is 3.64. The van der Waals surface area contributed by atoms with Crippen molar-refractivity contribution in [2.45, 2.75) is 33.2 Å². The molecule has 1 aromatic heterocycles. The zero-order chi connectivity index (χ0) is 18.8. The first-order chi connectivity index (χ1) is 13.2. The predicted molar refractivity (Wildman–Crippen MR) is 109 cm³/mol. The summed E-state index contributed by atoms with van der Waals surface area (Å²) in [5, 5.41) is 3.40. The van der Waals surface area contributed by atoms with Crippen molar-refractivity contribution in [1.82, 2.24) is 9.97 Å². The van der Waals surface area contributed by atoms with Gasteiger partial charge in [-0.1, -0.05) is 30.3 Å². The standard InChI is InChI=1S/C22H24N4O/c1-4-27-20-12-8-6-10-18(20)25-21-14-22(24-16(3)23-21)26-15(2)13-17-9-5-7-11-19(17)26/h5-12,14-15H,4,13H2,1-3H3,(H,23,24,25). The van der Waals surface area contributed by atoms with Gasteiger partial charge in [0.2, 0.25) is 0 Å². The van der Waals surface area contributed by atoms with Crippen LogP contribution < -0.4 is 15.0 Å². The van der Waals surface area contributed by atoms with Gasteiger partial charge in [0.05, 0.1) is 12.3 Å². The lowest BCUT2D eigenvalue weighted by molar-refractivity contribution is 0.342. The molecule has 4 rings (SSSR count). The Bertz CT molecular complexity index is 957. The summed E-state index contributed by atoms with van der Waals surface area (Å²) >= 11 is 0. The lowest BCUT2D eigenvalue weighted by atomic mass is 10.1. The highest BCUT2D eigenvalue weighted by Gasteiger charge is 2.28. The normalized spacial score (nSPS) is 15.5. The molecule has 2 heterocycles. The van der Waals surface area contributed by atoms with Gasteiger partial charge in [0.15, 0.2) is 0 Å². The number of nitrogens with zero attached hydrogens (tertiary/aromatic N) is 3. The summed E-state index contributed by atoms with van der Waals surface area (Å²) in [5.74, 6) is 3.23. The van der Waals surface area contributed by atoms with Crippen molar-refractivity contribution in [3.63, 3.8) is 0 Å². The summed E-state index contributed by atoms with van der Waals surface area (Å²) in [6.07, 6.45) is 1.02. The molecule has 3 aromatic rings. The Morgan fingerprint density at radius 1 is 1.11 bits per heavy atom. The van der Waals surface area contributed by atoms with Gasteiger partial charge in [-0.2, -0.15) is 0 Å². The van der Waals surface area contributed by atoms with Gasteiger partial charge in [-0.15, -0.1) is 0 Å². The monoisotopic (exact) mass is 360 g/mol. The number of hydrogen-bond donors (Lipinski definition) is 1. The van der Waals surface area contributed by atoms with Crippen molar-refractivity contribution in [1.29, 1.82) is 0 Å². The van der Waals surface area contributed by atoms with Crippen LogP contribution in [-0.4, -0.2) is 22.6 Å². The van der Waals surface area contributed by atoms with Crippen LogP contribution in [0, 0.1) is 6.92 Å². The summed E-state index contributed by atoms with van der Waals surface area (Å²) < 4.78 is 5.72. The quantitative estimate of drug-likeness (QED) is 0.693. The first-order valence-electron chi connectivity index (χ1n) is 9.37. The Morgan fingerprint density at radius 2 is 1.89 bits per heavy atom. The number of anilines is 4. The Hall–Kier alpha value is -3.08. The van der Waals surface area contributed by atoms with E-state index < -0.39 is 0 Å². The highest BCUT2D eigenvalue weighted by molar-refractivity contribution is 5.72. The Labute approximate surface area is 160 Å². The van der Waals surface area contributed by atoms with Crippen molar-refractivity contribution in [2.24, 2.45) is 0 Å². The maximum Gasteiger partial charge on any atom is 0.142 e. The van der Waals surface area contributed by atoms with E-state index in [0.717, 1.165) is 35.3 Å². The van der Waals surface area contributed by atoms with Gasteiger partial charge in [-0.05, 0) is 51.0 Å². The summed E-state index contributed by atoms with van der Waals surface area (Å²) in [5.41, 5.74) is 3.49. The molecular formula is C22H24N4O. The van der Waals surface area contributed by atoms with Crippen LogP contribution in [0.5, 0.6) is 5.75 Å². The van der Waals surface area contributed by atoms with Crippen molar-refractivity contribution < 1.29 is 4.74 Å². The number of aromatic nitrogens is 2. The highest BCUT2D eigenvalue weighted by atomic mass is 16.5. The maximum atomic E-state index is 5.72. The molecule has 1 atom stereocenters. The van der Waals surface area contributed by atoms with Gasteiger partial charge in [-0.3, -0.25) is 0 Å². The van der Waals surface area contributed by atoms with Crippen LogP contribution in [0.2, 0.25) is 0 Å². The molecule has 0 radical (unpaired) electrons. The first-order valence-corrected chi connectivity index (χ1v) is 9.37. The largest absolute Gasteiger partial charge is 0.492 e. The Kier molecular flexibility index (Phi) is 4.67. The van der Waals surface area contributed by atoms with E-state index in [4.69, 9.17) is 9.72 Å². The summed E-state index contributed by atoms with van der Waals surface area (Å²) in [6, 6.07) is 18.8. The van der Waals surface area contributed by atoms with E-state index in [1.807, 2.05) is 44.2 Å². The van der Waals surface area contributed by atoms with Gasteiger partial charge in [0.25, 0.3) is 0 Å². The SMILES string of the molecule is CCOc1ccccc1Nc1cc(N2c3ccccc3CC2C)nc(C)n1. The van der Waals surface area contributed by atoms with E-state index in [1.54, 1.807) is 0 Å². The van der Waals surface area contributed by atoms with Gasteiger partial charge in [-0.25, -0.2) is 9.97 Å². The highest BCUT2D eigenvalue weighted by Crippen LogP contribution is 2.38. The summed E-state index contributed by atoms with van der Waals surface area (Å²) in [4.78, 5) is 11.6. The molecule has 1 N–H and O–H groups in total. The molecular weight excluding hydrogens is 336 g/mol. The van der Waals surface area contributed by atoms with Gasteiger partial charge in [0, 0.05) is 17.8 Å². The van der Waals surface area contributed by atoms with Crippen LogP contribution in [-0.2, 0) is 6.42 Å². The number of rotatable bonds is 5. The molecule has 0 saturated heterocycles. The molecule has 0 aliphatic carbocycles. The van der Waals surface area contributed by atoms with Crippen molar-refractivity contribution in [3.8, 4) is 5.75 Å². The van der Waals surface area contributed by atoms with Crippen LogP contribution in [0.15, 0.2) is 54.6 Å². The number of benzene rings is 2. The fourth-order valence-corrected chi connectivity index (χ4v) is 3.64. The number of hydrogen-bond acceptors (Lipinski definition) is 5. The van der Waals surface area contributed by atoms with Gasteiger partial charge < -0.3 is 15.0 Å². The molecule has 5 nitrogen and oxygen atoms in total. The molecule has 138 valence electrons. The third-order valence-corrected chi connectivity index (χ3v) is 4.73. The smallest absolute Gasteiger partial charge is 0.142 e. The van der Waals surface area contributed by atoms with Crippen LogP contribution in [0.1, 0.15) is 25.2 Å². The molecule has 2 aromatic carbocycles. The van der Waals surface area contributed by atoms with E-state index in [-0.39, 0.29) is 0 Å². The lowest BCUT2D eigenvalue weighted by Crippen LogP contribution is -2.25. The lowest BCUT2D eigenvalue weighted by Gasteiger charge is -2.24. The average Bonchev–Trinajstić information content (AvgIpc) is 2.99. The minimum Gasteiger partial charge on any atom is -0.492 e. The molecule has 1 aliphatic heterocycles. The molecule has 0 amide bonds. The Morgan fingerprint density at radius 3 is 2.74 bits per heavy atom. The minimum absolute atomic E-state index is 0.361. The molecule has 0 saturated carbocycles. The van der Waals surface area contributed by atoms with E-state index in [9.17, 15) is 0 Å². The van der Waals surface area contributed by atoms with Crippen LogP contribution in [0.4, 0.5) is 23.0 Å². The number of para-hydroxylation sites is 3. The molecule has 0 spiro atoms. The van der Waals surface area contributed by atoms with E-state index >= 15 is 0 Å². The van der Waals surface area contributed by atoms with Gasteiger partial charge >= 0.3 is 0 Å². The molecule has 0 bridgehead atoms. The third-order valence-electron chi connectivity index (χ3n) is 4.73. The number of nitrogens with one attached hydrogen (secondary N) is 1. The van der Waals surface area contributed by atoms with Crippen molar-refractivity contribution >= 4 is 23.0 Å². The molecule has 1 unspecified atom stereocenters. The van der Waals surface area contributed by atoms with E-state index in [0.29, 0.717) is 12.6 Å². The average molecular weight is 360 g/mol. The fraction of sp³-hybridized carbons (Fsp3) is 0.273. The topological polar surface area (TPSA) is 50.3 Å².